The molecule has 0 aliphatic carbocycles. The molecule has 0 fully saturated rings. The summed E-state index contributed by atoms with van der Waals surface area (Å²) >= 11 is 0. The number of aromatic hydroxyl groups is 1. The summed E-state index contributed by atoms with van der Waals surface area (Å²) in [7, 11) is 0. The molecule has 3 N–H and O–H groups in total. The van der Waals surface area contributed by atoms with Gasteiger partial charge in [-0.15, -0.1) is 10.2 Å². The maximum Gasteiger partial charge on any atom is 0.167 e. The highest BCUT2D eigenvalue weighted by Gasteiger charge is 2.23. The second-order valence-electron chi connectivity index (χ2n) is 4.70. The van der Waals surface area contributed by atoms with Crippen molar-refractivity contribution in [2.45, 2.75) is 19.4 Å². The smallest absolute Gasteiger partial charge is 0.167 e. The van der Waals surface area contributed by atoms with Crippen molar-refractivity contribution in [3.63, 3.8) is 0 Å². The van der Waals surface area contributed by atoms with Gasteiger partial charge in [0.05, 0.1) is 5.56 Å². The van der Waals surface area contributed by atoms with E-state index in [0.717, 1.165) is 36.6 Å². The van der Waals surface area contributed by atoms with Gasteiger partial charge in [-0.25, -0.2) is 0 Å². The third kappa shape index (κ3) is 1.76. The molecular formula is C13H16N4O. The standard InChI is InChI=1S/C13H16N4O/c14-8-9-5-6-17-12(7-9)15-16-13(17)10-3-1-2-4-11(10)18/h1-4,9,18H,5-8,14H2. The van der Waals surface area contributed by atoms with E-state index < -0.39 is 0 Å². The maximum atomic E-state index is 9.88. The minimum Gasteiger partial charge on any atom is -0.507 e. The molecule has 1 aromatic heterocycles. The minimum atomic E-state index is 0.244. The second-order valence-corrected chi connectivity index (χ2v) is 4.70. The lowest BCUT2D eigenvalue weighted by molar-refractivity contribution is 0.391. The van der Waals surface area contributed by atoms with Gasteiger partial charge in [-0.3, -0.25) is 0 Å². The number of nitrogens with two attached hydrogens (primary N) is 1. The van der Waals surface area contributed by atoms with E-state index in [4.69, 9.17) is 5.73 Å². The van der Waals surface area contributed by atoms with Crippen molar-refractivity contribution in [1.29, 1.82) is 0 Å². The first-order valence-electron chi connectivity index (χ1n) is 6.20. The Morgan fingerprint density at radius 2 is 2.17 bits per heavy atom. The summed E-state index contributed by atoms with van der Waals surface area (Å²) in [5.74, 6) is 2.46. The Labute approximate surface area is 105 Å². The van der Waals surface area contributed by atoms with Gasteiger partial charge in [0.25, 0.3) is 0 Å². The van der Waals surface area contributed by atoms with E-state index in [9.17, 15) is 5.11 Å². The zero-order valence-electron chi connectivity index (χ0n) is 10.1. The molecule has 5 heteroatoms. The zero-order chi connectivity index (χ0) is 12.5. The quantitative estimate of drug-likeness (QED) is 0.831. The number of fused-ring (bicyclic) bond motifs is 1. The van der Waals surface area contributed by atoms with Crippen LogP contribution in [-0.4, -0.2) is 26.4 Å². The first kappa shape index (κ1) is 11.2. The lowest BCUT2D eigenvalue weighted by atomic mass is 9.98. The molecule has 0 spiro atoms. The summed E-state index contributed by atoms with van der Waals surface area (Å²) in [5.41, 5.74) is 6.44. The lowest BCUT2D eigenvalue weighted by Crippen LogP contribution is -2.25. The van der Waals surface area contributed by atoms with Crippen molar-refractivity contribution < 1.29 is 5.11 Å². The summed E-state index contributed by atoms with van der Waals surface area (Å²) in [4.78, 5) is 0. The van der Waals surface area contributed by atoms with Gasteiger partial charge in [-0.2, -0.15) is 0 Å². The predicted octanol–water partition coefficient (Wildman–Crippen LogP) is 1.17. The number of phenols is 1. The van der Waals surface area contributed by atoms with Gasteiger partial charge in [0.2, 0.25) is 0 Å². The largest absolute Gasteiger partial charge is 0.507 e. The topological polar surface area (TPSA) is 77.0 Å². The SMILES string of the molecule is NCC1CCn2c(nnc2-c2ccccc2O)C1. The van der Waals surface area contributed by atoms with E-state index in [2.05, 4.69) is 14.8 Å². The fourth-order valence-electron chi connectivity index (χ4n) is 2.46. The van der Waals surface area contributed by atoms with Crippen LogP contribution in [0.15, 0.2) is 24.3 Å². The number of para-hydroxylation sites is 1. The highest BCUT2D eigenvalue weighted by molar-refractivity contribution is 5.63. The molecule has 0 bridgehead atoms. The summed E-state index contributed by atoms with van der Waals surface area (Å²) in [5, 5.41) is 18.3. The van der Waals surface area contributed by atoms with Crippen molar-refractivity contribution in [2.24, 2.45) is 11.7 Å². The van der Waals surface area contributed by atoms with Gasteiger partial charge < -0.3 is 15.4 Å². The predicted molar refractivity (Wildman–Crippen MR) is 68.0 cm³/mol. The minimum absolute atomic E-state index is 0.244. The molecule has 0 saturated heterocycles. The number of nitrogens with zero attached hydrogens (tertiary/aromatic N) is 3. The Bertz CT molecular complexity index is 564. The number of hydrogen-bond donors (Lipinski definition) is 2. The van der Waals surface area contributed by atoms with Crippen LogP contribution in [0, 0.1) is 5.92 Å². The van der Waals surface area contributed by atoms with Crippen molar-refractivity contribution in [2.75, 3.05) is 6.54 Å². The molecule has 0 amide bonds. The molecule has 94 valence electrons. The van der Waals surface area contributed by atoms with E-state index in [-0.39, 0.29) is 5.75 Å². The van der Waals surface area contributed by atoms with Gasteiger partial charge in [-0.1, -0.05) is 12.1 Å². The van der Waals surface area contributed by atoms with Crippen LogP contribution in [0.25, 0.3) is 11.4 Å². The summed E-state index contributed by atoms with van der Waals surface area (Å²) in [6, 6.07) is 7.23. The number of phenolic OH excluding ortho intramolecular Hbond substituents is 1. The van der Waals surface area contributed by atoms with Crippen LogP contribution in [0.2, 0.25) is 0 Å². The Kier molecular flexibility index (Phi) is 2.76. The van der Waals surface area contributed by atoms with E-state index in [1.165, 1.54) is 0 Å². The molecule has 0 saturated carbocycles. The van der Waals surface area contributed by atoms with E-state index >= 15 is 0 Å². The molecule has 3 rings (SSSR count). The van der Waals surface area contributed by atoms with E-state index in [0.29, 0.717) is 12.5 Å². The Morgan fingerprint density at radius 3 is 2.94 bits per heavy atom. The highest BCUT2D eigenvalue weighted by atomic mass is 16.3. The van der Waals surface area contributed by atoms with Crippen LogP contribution >= 0.6 is 0 Å². The molecule has 1 aromatic carbocycles. The van der Waals surface area contributed by atoms with Crippen LogP contribution in [0.3, 0.4) is 0 Å². The van der Waals surface area contributed by atoms with Crippen molar-refractivity contribution in [3.8, 4) is 17.1 Å². The van der Waals surface area contributed by atoms with Gasteiger partial charge in [-0.05, 0) is 31.0 Å². The molecule has 1 atom stereocenters. The fraction of sp³-hybridized carbons (Fsp3) is 0.385. The van der Waals surface area contributed by atoms with Crippen LogP contribution in [0.1, 0.15) is 12.2 Å². The number of rotatable bonds is 2. The van der Waals surface area contributed by atoms with Crippen LogP contribution in [0.4, 0.5) is 0 Å². The fourth-order valence-corrected chi connectivity index (χ4v) is 2.46. The molecule has 1 aliphatic rings. The number of aromatic nitrogens is 3. The summed E-state index contributed by atoms with van der Waals surface area (Å²) in [6.45, 7) is 1.56. The van der Waals surface area contributed by atoms with Gasteiger partial charge in [0.15, 0.2) is 5.82 Å². The molecule has 5 nitrogen and oxygen atoms in total. The molecule has 0 radical (unpaired) electrons. The first-order chi connectivity index (χ1) is 8.79. The van der Waals surface area contributed by atoms with E-state index in [1.807, 2.05) is 12.1 Å². The van der Waals surface area contributed by atoms with Crippen molar-refractivity contribution in [1.82, 2.24) is 14.8 Å². The summed E-state index contributed by atoms with van der Waals surface area (Å²) in [6.07, 6.45) is 1.92. The average Bonchev–Trinajstić information content (AvgIpc) is 2.82. The molecule has 1 aliphatic heterocycles. The first-order valence-corrected chi connectivity index (χ1v) is 6.20. The van der Waals surface area contributed by atoms with Gasteiger partial charge in [0.1, 0.15) is 11.6 Å². The third-order valence-electron chi connectivity index (χ3n) is 3.54. The Balaban J connectivity index is 2.01. The zero-order valence-corrected chi connectivity index (χ0v) is 10.1. The normalized spacial score (nSPS) is 18.6. The average molecular weight is 244 g/mol. The molecule has 1 unspecified atom stereocenters. The van der Waals surface area contributed by atoms with Crippen LogP contribution in [-0.2, 0) is 13.0 Å². The Hall–Kier alpha value is -1.88. The second kappa shape index (κ2) is 4.42. The van der Waals surface area contributed by atoms with Crippen molar-refractivity contribution >= 4 is 0 Å². The molecule has 2 aromatic rings. The molecule has 2 heterocycles. The highest BCUT2D eigenvalue weighted by Crippen LogP contribution is 2.30. The monoisotopic (exact) mass is 244 g/mol. The molecular weight excluding hydrogens is 228 g/mol. The maximum absolute atomic E-state index is 9.88. The summed E-state index contributed by atoms with van der Waals surface area (Å²) < 4.78 is 2.08. The number of benzene rings is 1. The van der Waals surface area contributed by atoms with Crippen LogP contribution in [0.5, 0.6) is 5.75 Å². The van der Waals surface area contributed by atoms with Gasteiger partial charge >= 0.3 is 0 Å². The lowest BCUT2D eigenvalue weighted by Gasteiger charge is -2.22. The van der Waals surface area contributed by atoms with Crippen LogP contribution < -0.4 is 5.73 Å². The van der Waals surface area contributed by atoms with Crippen molar-refractivity contribution in [3.05, 3.63) is 30.1 Å². The van der Waals surface area contributed by atoms with E-state index in [1.54, 1.807) is 12.1 Å². The van der Waals surface area contributed by atoms with Gasteiger partial charge in [0, 0.05) is 13.0 Å². The number of hydrogen-bond acceptors (Lipinski definition) is 4. The Morgan fingerprint density at radius 1 is 1.33 bits per heavy atom. The molecule has 18 heavy (non-hydrogen) atoms. The third-order valence-corrected chi connectivity index (χ3v) is 3.54.